The Morgan fingerprint density at radius 3 is 1.53 bits per heavy atom. The zero-order valence-electron chi connectivity index (χ0n) is 16.2. The molecule has 0 spiro atoms. The standard InChI is InChI=1S/C6H4BrClO2S.C6H3Cl3O2S.C6H4ClFO2S/c7-5-3-1-2-4-6(5)11(8,9)10;7-4-1-2-5(8)6(3-4)12(9,10)11;7-11(9,10)6-3-1-5(8)2-4-6/h1-4H;1-3H;1-4H. The third-order valence-corrected chi connectivity index (χ3v) is 9.09. The summed E-state index contributed by atoms with van der Waals surface area (Å²) in [6, 6.07) is 14.7. The Morgan fingerprint density at radius 1 is 0.647 bits per heavy atom. The molecular weight excluding hydrogens is 685 g/mol. The van der Waals surface area contributed by atoms with Crippen LogP contribution < -0.4 is 0 Å². The average molecular weight is 696 g/mol. The summed E-state index contributed by atoms with van der Waals surface area (Å²) < 4.78 is 77.1. The van der Waals surface area contributed by atoms with Gasteiger partial charge < -0.3 is 0 Å². The molecule has 3 aromatic rings. The van der Waals surface area contributed by atoms with Crippen LogP contribution in [-0.4, -0.2) is 25.3 Å². The second-order valence-electron chi connectivity index (χ2n) is 5.77. The third kappa shape index (κ3) is 11.0. The lowest BCUT2D eigenvalue weighted by molar-refractivity contribution is 0.606. The van der Waals surface area contributed by atoms with Gasteiger partial charge in [-0.1, -0.05) is 35.3 Å². The molecule has 0 saturated carbocycles. The summed E-state index contributed by atoms with van der Waals surface area (Å²) in [5, 5.41) is 0.341. The Morgan fingerprint density at radius 2 is 1.15 bits per heavy atom. The molecule has 16 heteroatoms. The van der Waals surface area contributed by atoms with Crippen LogP contribution in [0.25, 0.3) is 0 Å². The minimum Gasteiger partial charge on any atom is -0.207 e. The summed E-state index contributed by atoms with van der Waals surface area (Å²) in [5.41, 5.74) is 0. The van der Waals surface area contributed by atoms with Gasteiger partial charge in [0, 0.05) is 41.5 Å². The summed E-state index contributed by atoms with van der Waals surface area (Å²) in [7, 11) is 4.01. The van der Waals surface area contributed by atoms with E-state index in [0.29, 0.717) is 4.47 Å². The van der Waals surface area contributed by atoms with Crippen LogP contribution in [0.15, 0.2) is 85.9 Å². The highest BCUT2D eigenvalue weighted by molar-refractivity contribution is 9.10. The first kappa shape index (κ1) is 31.4. The molecule has 0 bridgehead atoms. The fraction of sp³-hybridized carbons (Fsp3) is 0. The van der Waals surface area contributed by atoms with E-state index < -0.39 is 33.0 Å². The predicted octanol–water partition coefficient (Wildman–Crippen LogP) is 7.05. The number of hydrogen-bond acceptors (Lipinski definition) is 6. The molecule has 0 unspecified atom stereocenters. The van der Waals surface area contributed by atoms with Crippen molar-refractivity contribution >= 4 is 98.3 Å². The SMILES string of the molecule is O=S(=O)(Cl)c1cc(Cl)ccc1Cl.O=S(=O)(Cl)c1ccc(F)cc1.O=S(=O)(Cl)c1ccccc1Br. The molecule has 0 saturated heterocycles. The van der Waals surface area contributed by atoms with E-state index in [1.807, 2.05) is 0 Å². The largest absolute Gasteiger partial charge is 0.262 e. The van der Waals surface area contributed by atoms with E-state index in [1.165, 1.54) is 24.3 Å². The summed E-state index contributed by atoms with van der Waals surface area (Å²) in [6.07, 6.45) is 0. The van der Waals surface area contributed by atoms with Crippen molar-refractivity contribution in [2.24, 2.45) is 0 Å². The quantitative estimate of drug-likeness (QED) is 0.272. The van der Waals surface area contributed by atoms with Crippen molar-refractivity contribution in [3.63, 3.8) is 0 Å². The molecule has 3 aromatic carbocycles. The zero-order chi connectivity index (χ0) is 26.3. The first-order valence-corrected chi connectivity index (χ1v) is 16.7. The number of halogens is 7. The Hall–Kier alpha value is -0.630. The third-order valence-electron chi connectivity index (χ3n) is 3.35. The molecule has 0 fully saturated rings. The van der Waals surface area contributed by atoms with Gasteiger partial charge in [-0.2, -0.15) is 0 Å². The molecule has 0 aliphatic heterocycles. The number of rotatable bonds is 3. The van der Waals surface area contributed by atoms with Gasteiger partial charge in [-0.05, 0) is 70.5 Å². The predicted molar refractivity (Wildman–Crippen MR) is 136 cm³/mol. The van der Waals surface area contributed by atoms with Crippen LogP contribution >= 0.6 is 71.2 Å². The van der Waals surface area contributed by atoms with Gasteiger partial charge in [0.05, 0.1) is 14.8 Å². The van der Waals surface area contributed by atoms with Crippen LogP contribution in [0.2, 0.25) is 10.0 Å². The average Bonchev–Trinajstić information content (AvgIpc) is 2.69. The van der Waals surface area contributed by atoms with Crippen molar-refractivity contribution in [2.45, 2.75) is 14.7 Å². The van der Waals surface area contributed by atoms with Crippen molar-refractivity contribution < 1.29 is 29.6 Å². The van der Waals surface area contributed by atoms with Gasteiger partial charge in [0.25, 0.3) is 27.2 Å². The lowest BCUT2D eigenvalue weighted by Gasteiger charge is -1.98. The summed E-state index contributed by atoms with van der Waals surface area (Å²) in [6.45, 7) is 0. The summed E-state index contributed by atoms with van der Waals surface area (Å²) >= 11 is 14.2. The highest BCUT2D eigenvalue weighted by atomic mass is 79.9. The molecule has 0 atom stereocenters. The highest BCUT2D eigenvalue weighted by Crippen LogP contribution is 2.27. The molecule has 6 nitrogen and oxygen atoms in total. The van der Waals surface area contributed by atoms with E-state index in [1.54, 1.807) is 18.2 Å². The van der Waals surface area contributed by atoms with E-state index in [0.717, 1.165) is 24.3 Å². The number of hydrogen-bond donors (Lipinski definition) is 0. The molecule has 3 rings (SSSR count). The minimum atomic E-state index is -3.80. The van der Waals surface area contributed by atoms with Crippen LogP contribution in [0.1, 0.15) is 0 Å². The van der Waals surface area contributed by atoms with Gasteiger partial charge in [0.2, 0.25) is 0 Å². The Bertz CT molecular complexity index is 1470. The van der Waals surface area contributed by atoms with Gasteiger partial charge in [0.1, 0.15) is 10.7 Å². The topological polar surface area (TPSA) is 102 Å². The second-order valence-corrected chi connectivity index (χ2v) is 15.1. The lowest BCUT2D eigenvalue weighted by atomic mass is 10.4. The molecule has 0 heterocycles. The van der Waals surface area contributed by atoms with Crippen LogP contribution in [0.3, 0.4) is 0 Å². The van der Waals surface area contributed by atoms with E-state index >= 15 is 0 Å². The van der Waals surface area contributed by atoms with Gasteiger partial charge in [-0.25, -0.2) is 29.6 Å². The van der Waals surface area contributed by atoms with E-state index in [2.05, 4.69) is 15.9 Å². The van der Waals surface area contributed by atoms with Crippen molar-refractivity contribution in [3.05, 3.63) is 87.1 Å². The molecule has 0 amide bonds. The maximum Gasteiger partial charge on any atom is 0.262 e. The van der Waals surface area contributed by atoms with E-state index in [-0.39, 0.29) is 24.7 Å². The highest BCUT2D eigenvalue weighted by Gasteiger charge is 2.14. The monoisotopic (exact) mass is 692 g/mol. The fourth-order valence-corrected chi connectivity index (χ4v) is 6.55. The molecular formula is C18H11BrCl5FO6S3. The summed E-state index contributed by atoms with van der Waals surface area (Å²) in [5.74, 6) is -0.492. The summed E-state index contributed by atoms with van der Waals surface area (Å²) in [4.78, 5) is -0.166. The van der Waals surface area contributed by atoms with Crippen LogP contribution in [0.5, 0.6) is 0 Å². The van der Waals surface area contributed by atoms with Crippen molar-refractivity contribution in [3.8, 4) is 0 Å². The Labute approximate surface area is 227 Å². The van der Waals surface area contributed by atoms with Gasteiger partial charge in [-0.15, -0.1) is 0 Å². The minimum absolute atomic E-state index is 0.0643. The normalized spacial score (nSPS) is 11.5. The van der Waals surface area contributed by atoms with Crippen molar-refractivity contribution in [1.82, 2.24) is 0 Å². The maximum atomic E-state index is 12.2. The van der Waals surface area contributed by atoms with Crippen molar-refractivity contribution in [2.75, 3.05) is 0 Å². The maximum absolute atomic E-state index is 12.2. The second kappa shape index (κ2) is 13.1. The molecule has 34 heavy (non-hydrogen) atoms. The van der Waals surface area contributed by atoms with Crippen LogP contribution in [-0.2, 0) is 27.2 Å². The zero-order valence-corrected chi connectivity index (χ0v) is 24.0. The Kier molecular flexibility index (Phi) is 12.1. The number of benzene rings is 3. The van der Waals surface area contributed by atoms with E-state index in [9.17, 15) is 29.6 Å². The fourth-order valence-electron chi connectivity index (χ4n) is 1.90. The van der Waals surface area contributed by atoms with Crippen molar-refractivity contribution in [1.29, 1.82) is 0 Å². The molecule has 0 radical (unpaired) electrons. The molecule has 0 N–H and O–H groups in total. The van der Waals surface area contributed by atoms with Crippen LogP contribution in [0.4, 0.5) is 4.39 Å². The van der Waals surface area contributed by atoms with E-state index in [4.69, 9.17) is 55.2 Å². The lowest BCUT2D eigenvalue weighted by Crippen LogP contribution is -1.91. The molecule has 0 aliphatic carbocycles. The Balaban J connectivity index is 0.000000255. The van der Waals surface area contributed by atoms with Gasteiger partial charge in [0.15, 0.2) is 0 Å². The first-order chi connectivity index (χ1) is 15.4. The molecule has 0 aromatic heterocycles. The van der Waals surface area contributed by atoms with Gasteiger partial charge in [-0.3, -0.25) is 0 Å². The first-order valence-electron chi connectivity index (χ1n) is 8.22. The van der Waals surface area contributed by atoms with Gasteiger partial charge >= 0.3 is 0 Å². The molecule has 186 valence electrons. The van der Waals surface area contributed by atoms with Crippen LogP contribution in [0, 0.1) is 5.82 Å². The molecule has 0 aliphatic rings. The smallest absolute Gasteiger partial charge is 0.207 e.